The molecule has 64 valence electrons. The Bertz CT molecular complexity index is 144. The van der Waals surface area contributed by atoms with Gasteiger partial charge in [-0.3, -0.25) is 4.79 Å². The SMILES string of the molecule is CCCC1CNC(=O)C1CC. The molecule has 1 rings (SSSR count). The molecule has 11 heavy (non-hydrogen) atoms. The average Bonchev–Trinajstić information content (AvgIpc) is 2.33. The molecule has 2 unspecified atom stereocenters. The lowest BCUT2D eigenvalue weighted by Gasteiger charge is -2.12. The van der Waals surface area contributed by atoms with Crippen LogP contribution in [0.3, 0.4) is 0 Å². The summed E-state index contributed by atoms with van der Waals surface area (Å²) >= 11 is 0. The number of hydrogen-bond acceptors (Lipinski definition) is 1. The fraction of sp³-hybridized carbons (Fsp3) is 0.889. The van der Waals surface area contributed by atoms with E-state index in [9.17, 15) is 4.79 Å². The lowest BCUT2D eigenvalue weighted by atomic mass is 9.89. The summed E-state index contributed by atoms with van der Waals surface area (Å²) in [5.74, 6) is 1.18. The van der Waals surface area contributed by atoms with Crippen molar-refractivity contribution >= 4 is 5.91 Å². The van der Waals surface area contributed by atoms with Gasteiger partial charge in [0.2, 0.25) is 5.91 Å². The predicted molar refractivity (Wildman–Crippen MR) is 45.2 cm³/mol. The smallest absolute Gasteiger partial charge is 0.223 e. The van der Waals surface area contributed by atoms with E-state index in [4.69, 9.17) is 0 Å². The second-order valence-corrected chi connectivity index (χ2v) is 3.31. The van der Waals surface area contributed by atoms with E-state index in [1.807, 2.05) is 0 Å². The number of carbonyl (C=O) groups excluding carboxylic acids is 1. The van der Waals surface area contributed by atoms with Crippen LogP contribution in [-0.4, -0.2) is 12.5 Å². The van der Waals surface area contributed by atoms with Crippen molar-refractivity contribution in [3.63, 3.8) is 0 Å². The first-order valence-corrected chi connectivity index (χ1v) is 4.57. The molecule has 2 atom stereocenters. The Kier molecular flexibility index (Phi) is 2.92. The summed E-state index contributed by atoms with van der Waals surface area (Å²) in [5, 5.41) is 2.92. The van der Waals surface area contributed by atoms with E-state index in [0.717, 1.165) is 13.0 Å². The molecule has 1 heterocycles. The minimum atomic E-state index is 0.269. The van der Waals surface area contributed by atoms with Gasteiger partial charge in [-0.2, -0.15) is 0 Å². The molecule has 2 nitrogen and oxygen atoms in total. The predicted octanol–water partition coefficient (Wildman–Crippen LogP) is 1.56. The summed E-state index contributed by atoms with van der Waals surface area (Å²) in [5.41, 5.74) is 0. The second-order valence-electron chi connectivity index (χ2n) is 3.31. The molecule has 2 heteroatoms. The molecular weight excluding hydrogens is 138 g/mol. The summed E-state index contributed by atoms with van der Waals surface area (Å²) in [6.45, 7) is 5.18. The summed E-state index contributed by atoms with van der Waals surface area (Å²) in [4.78, 5) is 11.2. The van der Waals surface area contributed by atoms with E-state index in [1.165, 1.54) is 12.8 Å². The van der Waals surface area contributed by atoms with Crippen LogP contribution < -0.4 is 5.32 Å². The van der Waals surface area contributed by atoms with Crippen LogP contribution in [0.4, 0.5) is 0 Å². The van der Waals surface area contributed by atoms with Crippen molar-refractivity contribution in [2.24, 2.45) is 11.8 Å². The largest absolute Gasteiger partial charge is 0.356 e. The topological polar surface area (TPSA) is 29.1 Å². The van der Waals surface area contributed by atoms with Crippen molar-refractivity contribution in [3.8, 4) is 0 Å². The summed E-state index contributed by atoms with van der Waals surface area (Å²) in [7, 11) is 0. The summed E-state index contributed by atoms with van der Waals surface area (Å²) < 4.78 is 0. The zero-order valence-electron chi connectivity index (χ0n) is 7.39. The lowest BCUT2D eigenvalue weighted by Crippen LogP contribution is -2.18. The van der Waals surface area contributed by atoms with Gasteiger partial charge in [0.25, 0.3) is 0 Å². The number of rotatable bonds is 3. The average molecular weight is 155 g/mol. The fourth-order valence-corrected chi connectivity index (χ4v) is 1.91. The van der Waals surface area contributed by atoms with E-state index < -0.39 is 0 Å². The van der Waals surface area contributed by atoms with Gasteiger partial charge in [0.15, 0.2) is 0 Å². The maximum Gasteiger partial charge on any atom is 0.223 e. The molecule has 1 amide bonds. The van der Waals surface area contributed by atoms with E-state index in [2.05, 4.69) is 19.2 Å². The standard InChI is InChI=1S/C9H17NO/c1-3-5-7-6-10-9(11)8(7)4-2/h7-8H,3-6H2,1-2H3,(H,10,11). The first-order valence-electron chi connectivity index (χ1n) is 4.57. The fourth-order valence-electron chi connectivity index (χ4n) is 1.91. The van der Waals surface area contributed by atoms with E-state index in [0.29, 0.717) is 11.8 Å². The van der Waals surface area contributed by atoms with Gasteiger partial charge in [-0.05, 0) is 18.8 Å². The molecule has 0 saturated carbocycles. The Balaban J connectivity index is 2.47. The van der Waals surface area contributed by atoms with Gasteiger partial charge >= 0.3 is 0 Å². The van der Waals surface area contributed by atoms with Crippen LogP contribution in [-0.2, 0) is 4.79 Å². The minimum Gasteiger partial charge on any atom is -0.356 e. The van der Waals surface area contributed by atoms with Crippen molar-refractivity contribution in [2.75, 3.05) is 6.54 Å². The molecule has 1 N–H and O–H groups in total. The van der Waals surface area contributed by atoms with Crippen LogP contribution in [0.15, 0.2) is 0 Å². The second kappa shape index (κ2) is 3.74. The van der Waals surface area contributed by atoms with Gasteiger partial charge in [0.05, 0.1) is 0 Å². The van der Waals surface area contributed by atoms with Crippen LogP contribution in [0.25, 0.3) is 0 Å². The van der Waals surface area contributed by atoms with Crippen molar-refractivity contribution in [2.45, 2.75) is 33.1 Å². The molecule has 0 aliphatic carbocycles. The van der Waals surface area contributed by atoms with Gasteiger partial charge in [0.1, 0.15) is 0 Å². The molecule has 0 aromatic rings. The van der Waals surface area contributed by atoms with Crippen molar-refractivity contribution in [3.05, 3.63) is 0 Å². The maximum absolute atomic E-state index is 11.2. The maximum atomic E-state index is 11.2. The third-order valence-corrected chi connectivity index (χ3v) is 2.54. The molecule has 1 aliphatic rings. The van der Waals surface area contributed by atoms with Gasteiger partial charge in [0, 0.05) is 12.5 Å². The minimum absolute atomic E-state index is 0.269. The Morgan fingerprint density at radius 1 is 1.55 bits per heavy atom. The van der Waals surface area contributed by atoms with Gasteiger partial charge in [-0.15, -0.1) is 0 Å². The summed E-state index contributed by atoms with van der Waals surface area (Å²) in [6, 6.07) is 0. The Morgan fingerprint density at radius 3 is 2.82 bits per heavy atom. The van der Waals surface area contributed by atoms with Crippen LogP contribution in [0.1, 0.15) is 33.1 Å². The molecule has 1 saturated heterocycles. The number of hydrogen-bond donors (Lipinski definition) is 1. The van der Waals surface area contributed by atoms with Crippen molar-refractivity contribution < 1.29 is 4.79 Å². The third kappa shape index (κ3) is 1.73. The molecule has 0 aromatic heterocycles. The van der Waals surface area contributed by atoms with Gasteiger partial charge in [-0.25, -0.2) is 0 Å². The zero-order valence-corrected chi connectivity index (χ0v) is 7.39. The molecular formula is C9H17NO. The zero-order chi connectivity index (χ0) is 8.27. The summed E-state index contributed by atoms with van der Waals surface area (Å²) in [6.07, 6.45) is 3.38. The van der Waals surface area contributed by atoms with Gasteiger partial charge < -0.3 is 5.32 Å². The molecule has 1 fully saturated rings. The van der Waals surface area contributed by atoms with Crippen LogP contribution in [0, 0.1) is 11.8 Å². The highest BCUT2D eigenvalue weighted by atomic mass is 16.2. The highest BCUT2D eigenvalue weighted by Gasteiger charge is 2.31. The van der Waals surface area contributed by atoms with E-state index in [-0.39, 0.29) is 5.91 Å². The molecule has 1 aliphatic heterocycles. The lowest BCUT2D eigenvalue weighted by molar-refractivity contribution is -0.123. The Labute approximate surface area is 68.4 Å². The highest BCUT2D eigenvalue weighted by Crippen LogP contribution is 2.24. The monoisotopic (exact) mass is 155 g/mol. The van der Waals surface area contributed by atoms with Crippen LogP contribution >= 0.6 is 0 Å². The van der Waals surface area contributed by atoms with Crippen molar-refractivity contribution in [1.82, 2.24) is 5.32 Å². The van der Waals surface area contributed by atoms with Crippen molar-refractivity contribution in [1.29, 1.82) is 0 Å². The number of carbonyl (C=O) groups is 1. The number of amides is 1. The third-order valence-electron chi connectivity index (χ3n) is 2.54. The number of nitrogens with one attached hydrogen (secondary N) is 1. The van der Waals surface area contributed by atoms with E-state index in [1.54, 1.807) is 0 Å². The quantitative estimate of drug-likeness (QED) is 0.658. The Hall–Kier alpha value is -0.530. The molecule has 0 bridgehead atoms. The highest BCUT2D eigenvalue weighted by molar-refractivity contribution is 5.81. The molecule has 0 spiro atoms. The normalized spacial score (nSPS) is 30.5. The Morgan fingerprint density at radius 2 is 2.27 bits per heavy atom. The van der Waals surface area contributed by atoms with Gasteiger partial charge in [-0.1, -0.05) is 20.3 Å². The first kappa shape index (κ1) is 8.57. The van der Waals surface area contributed by atoms with Crippen LogP contribution in [0.2, 0.25) is 0 Å². The van der Waals surface area contributed by atoms with Crippen LogP contribution in [0.5, 0.6) is 0 Å². The molecule has 0 radical (unpaired) electrons. The first-order chi connectivity index (χ1) is 5.29. The molecule has 0 aromatic carbocycles. The van der Waals surface area contributed by atoms with E-state index >= 15 is 0 Å².